The zero-order valence-corrected chi connectivity index (χ0v) is 14.5. The van der Waals surface area contributed by atoms with Crippen molar-refractivity contribution in [3.8, 4) is 5.75 Å². The van der Waals surface area contributed by atoms with Crippen molar-refractivity contribution in [3.05, 3.63) is 96.1 Å². The molecule has 2 nitrogen and oxygen atoms in total. The Morgan fingerprint density at radius 3 is 2.08 bits per heavy atom. The molecule has 0 saturated carbocycles. The normalized spacial score (nSPS) is 11.7. The fourth-order valence-corrected chi connectivity index (χ4v) is 3.13. The molecule has 0 saturated heterocycles. The lowest BCUT2D eigenvalue weighted by Gasteiger charge is -2.08. The molecule has 4 aromatic rings. The molecule has 0 aliphatic heterocycles. The van der Waals surface area contributed by atoms with Crippen molar-refractivity contribution in [2.45, 2.75) is 6.92 Å². The lowest BCUT2D eigenvalue weighted by molar-refractivity contribution is -0.129. The number of fused-ring (bicyclic) bond motifs is 2. The van der Waals surface area contributed by atoms with Gasteiger partial charge in [0.05, 0.1) is 0 Å². The van der Waals surface area contributed by atoms with Crippen LogP contribution in [0.3, 0.4) is 0 Å². The Morgan fingerprint density at radius 1 is 0.731 bits per heavy atom. The third-order valence-corrected chi connectivity index (χ3v) is 4.47. The highest BCUT2D eigenvalue weighted by atomic mass is 16.5. The van der Waals surface area contributed by atoms with Crippen LogP contribution < -0.4 is 4.74 Å². The van der Waals surface area contributed by atoms with E-state index in [2.05, 4.69) is 18.2 Å². The van der Waals surface area contributed by atoms with E-state index in [4.69, 9.17) is 4.74 Å². The molecule has 0 aromatic heterocycles. The van der Waals surface area contributed by atoms with Gasteiger partial charge in [-0.3, -0.25) is 0 Å². The van der Waals surface area contributed by atoms with Gasteiger partial charge in [0.25, 0.3) is 0 Å². The molecule has 0 bridgehead atoms. The number of esters is 1. The third-order valence-electron chi connectivity index (χ3n) is 4.47. The van der Waals surface area contributed by atoms with E-state index in [0.717, 1.165) is 27.1 Å². The van der Waals surface area contributed by atoms with E-state index in [0.29, 0.717) is 11.3 Å². The van der Waals surface area contributed by atoms with Crippen LogP contribution in [-0.2, 0) is 4.79 Å². The molecule has 0 N–H and O–H groups in total. The highest BCUT2D eigenvalue weighted by Gasteiger charge is 2.10. The Morgan fingerprint density at radius 2 is 1.31 bits per heavy atom. The third kappa shape index (κ3) is 3.09. The van der Waals surface area contributed by atoms with Crippen molar-refractivity contribution in [2.24, 2.45) is 0 Å². The van der Waals surface area contributed by atoms with Crippen LogP contribution in [0, 0.1) is 0 Å². The Labute approximate surface area is 152 Å². The SMILES string of the molecule is CC(=Cc1cccc2ccccc12)C(=O)Oc1cccc2ccccc12. The molecule has 0 spiro atoms. The van der Waals surface area contributed by atoms with Crippen molar-refractivity contribution in [1.82, 2.24) is 0 Å². The van der Waals surface area contributed by atoms with Gasteiger partial charge in [0.1, 0.15) is 5.75 Å². The van der Waals surface area contributed by atoms with E-state index in [1.54, 1.807) is 6.92 Å². The maximum Gasteiger partial charge on any atom is 0.339 e. The maximum absolute atomic E-state index is 12.6. The van der Waals surface area contributed by atoms with Crippen molar-refractivity contribution in [3.63, 3.8) is 0 Å². The molecule has 0 aliphatic carbocycles. The van der Waals surface area contributed by atoms with Crippen LogP contribution in [0.25, 0.3) is 27.6 Å². The summed E-state index contributed by atoms with van der Waals surface area (Å²) in [5.41, 5.74) is 1.57. The zero-order chi connectivity index (χ0) is 17.9. The highest BCUT2D eigenvalue weighted by molar-refractivity contribution is 6.00. The number of carbonyl (C=O) groups excluding carboxylic acids is 1. The summed E-state index contributed by atoms with van der Waals surface area (Å²) in [5.74, 6) is 0.244. The van der Waals surface area contributed by atoms with Crippen molar-refractivity contribution in [2.75, 3.05) is 0 Å². The second-order valence-corrected chi connectivity index (χ2v) is 6.26. The molecule has 0 aliphatic rings. The molecule has 0 heterocycles. The zero-order valence-electron chi connectivity index (χ0n) is 14.5. The van der Waals surface area contributed by atoms with E-state index < -0.39 is 0 Å². The molecule has 26 heavy (non-hydrogen) atoms. The summed E-state index contributed by atoms with van der Waals surface area (Å²) in [6, 6.07) is 27.8. The lowest BCUT2D eigenvalue weighted by Crippen LogP contribution is -2.09. The van der Waals surface area contributed by atoms with Gasteiger partial charge in [0.2, 0.25) is 0 Å². The summed E-state index contributed by atoms with van der Waals surface area (Å²) in [4.78, 5) is 12.6. The predicted molar refractivity (Wildman–Crippen MR) is 107 cm³/mol. The standard InChI is InChI=1S/C24H18O2/c1-17(16-20-12-6-10-18-8-2-4-13-21(18)20)24(25)26-23-15-7-11-19-9-3-5-14-22(19)23/h2-16H,1H3. The van der Waals surface area contributed by atoms with Crippen LogP contribution in [0.5, 0.6) is 5.75 Å². The highest BCUT2D eigenvalue weighted by Crippen LogP contribution is 2.26. The minimum absolute atomic E-state index is 0.339. The Kier molecular flexibility index (Phi) is 4.24. The molecule has 0 radical (unpaired) electrons. The van der Waals surface area contributed by atoms with Crippen LogP contribution in [0.15, 0.2) is 90.5 Å². The quantitative estimate of drug-likeness (QED) is 0.260. The molecule has 0 unspecified atom stereocenters. The van der Waals surface area contributed by atoms with Gasteiger partial charge in [-0.15, -0.1) is 0 Å². The molecule has 2 heteroatoms. The molecular formula is C24H18O2. The minimum Gasteiger partial charge on any atom is -0.423 e. The summed E-state index contributed by atoms with van der Waals surface area (Å²) in [6.45, 7) is 1.79. The largest absolute Gasteiger partial charge is 0.423 e. The van der Waals surface area contributed by atoms with Crippen LogP contribution >= 0.6 is 0 Å². The van der Waals surface area contributed by atoms with Crippen molar-refractivity contribution in [1.29, 1.82) is 0 Å². The molecule has 4 aromatic carbocycles. The fourth-order valence-electron chi connectivity index (χ4n) is 3.13. The summed E-state index contributed by atoms with van der Waals surface area (Å²) in [5, 5.41) is 4.25. The number of ether oxygens (including phenoxy) is 1. The molecule has 0 amide bonds. The van der Waals surface area contributed by atoms with Gasteiger partial charge in [-0.2, -0.15) is 0 Å². The number of hydrogen-bond donors (Lipinski definition) is 0. The number of benzene rings is 4. The summed E-state index contributed by atoms with van der Waals surface area (Å²) >= 11 is 0. The number of hydrogen-bond acceptors (Lipinski definition) is 2. The monoisotopic (exact) mass is 338 g/mol. The molecular weight excluding hydrogens is 320 g/mol. The van der Waals surface area contributed by atoms with Crippen LogP contribution in [-0.4, -0.2) is 5.97 Å². The Hall–Kier alpha value is -3.39. The maximum atomic E-state index is 12.6. The van der Waals surface area contributed by atoms with E-state index in [1.165, 1.54) is 0 Å². The van der Waals surface area contributed by atoms with Crippen LogP contribution in [0.1, 0.15) is 12.5 Å². The van der Waals surface area contributed by atoms with Gasteiger partial charge in [-0.25, -0.2) is 4.79 Å². The first kappa shape index (κ1) is 16.1. The second kappa shape index (κ2) is 6.85. The van der Waals surface area contributed by atoms with Gasteiger partial charge in [-0.05, 0) is 40.8 Å². The van der Waals surface area contributed by atoms with Gasteiger partial charge < -0.3 is 4.74 Å². The number of carbonyl (C=O) groups is 1. The first-order chi connectivity index (χ1) is 12.7. The van der Waals surface area contributed by atoms with Crippen LogP contribution in [0.4, 0.5) is 0 Å². The Balaban J connectivity index is 1.66. The lowest BCUT2D eigenvalue weighted by atomic mass is 10.0. The number of rotatable bonds is 3. The smallest absolute Gasteiger partial charge is 0.339 e. The summed E-state index contributed by atoms with van der Waals surface area (Å²) in [6.07, 6.45) is 1.88. The average molecular weight is 338 g/mol. The van der Waals surface area contributed by atoms with Gasteiger partial charge in [-0.1, -0.05) is 78.9 Å². The van der Waals surface area contributed by atoms with Gasteiger partial charge in [0, 0.05) is 11.0 Å². The first-order valence-electron chi connectivity index (χ1n) is 8.58. The summed E-state index contributed by atoms with van der Waals surface area (Å²) < 4.78 is 5.67. The summed E-state index contributed by atoms with van der Waals surface area (Å²) in [7, 11) is 0. The molecule has 0 fully saturated rings. The Bertz CT molecular complexity index is 1130. The van der Waals surface area contributed by atoms with Crippen molar-refractivity contribution < 1.29 is 9.53 Å². The second-order valence-electron chi connectivity index (χ2n) is 6.26. The van der Waals surface area contributed by atoms with E-state index in [9.17, 15) is 4.79 Å². The van der Waals surface area contributed by atoms with Gasteiger partial charge in [0.15, 0.2) is 0 Å². The van der Waals surface area contributed by atoms with E-state index >= 15 is 0 Å². The molecule has 4 rings (SSSR count). The first-order valence-corrected chi connectivity index (χ1v) is 8.58. The predicted octanol–water partition coefficient (Wildman–Crippen LogP) is 6.00. The van der Waals surface area contributed by atoms with E-state index in [-0.39, 0.29) is 5.97 Å². The molecule has 0 atom stereocenters. The van der Waals surface area contributed by atoms with E-state index in [1.807, 2.05) is 72.8 Å². The van der Waals surface area contributed by atoms with Gasteiger partial charge >= 0.3 is 5.97 Å². The average Bonchev–Trinajstić information content (AvgIpc) is 2.68. The van der Waals surface area contributed by atoms with Crippen LogP contribution in [0.2, 0.25) is 0 Å². The minimum atomic E-state index is -0.339. The fraction of sp³-hybridized carbons (Fsp3) is 0.0417. The van der Waals surface area contributed by atoms with Crippen molar-refractivity contribution >= 4 is 33.6 Å². The molecule has 126 valence electrons. The topological polar surface area (TPSA) is 26.3 Å².